The normalized spacial score (nSPS) is 18.8. The number of nitrogens with zero attached hydrogens (tertiary/aromatic N) is 2. The van der Waals surface area contributed by atoms with E-state index in [4.69, 9.17) is 4.74 Å². The molecule has 0 aliphatic carbocycles. The Bertz CT molecular complexity index is 612. The lowest BCUT2D eigenvalue weighted by Gasteiger charge is -2.24. The molecule has 1 saturated heterocycles. The monoisotopic (exact) mass is 256 g/mol. The van der Waals surface area contributed by atoms with E-state index in [1.54, 1.807) is 0 Å². The number of aromatic nitrogens is 1. The molecule has 2 aromatic rings. The smallest absolute Gasteiger partial charge is 0.328 e. The van der Waals surface area contributed by atoms with E-state index in [1.165, 1.54) is 7.11 Å². The van der Waals surface area contributed by atoms with Crippen LogP contribution < -0.4 is 4.90 Å². The summed E-state index contributed by atoms with van der Waals surface area (Å²) in [5.74, 6) is -0.161. The SMILES string of the molecule is COC(=O)C1CCCN1c1cnc2ccccc2c1. The predicted octanol–water partition coefficient (Wildman–Crippen LogP) is 2.38. The molecule has 1 unspecified atom stereocenters. The summed E-state index contributed by atoms with van der Waals surface area (Å²) in [6.07, 6.45) is 3.69. The molecule has 0 radical (unpaired) electrons. The number of carbonyl (C=O) groups excluding carboxylic acids is 1. The molecule has 0 spiro atoms. The highest BCUT2D eigenvalue weighted by Crippen LogP contribution is 2.27. The summed E-state index contributed by atoms with van der Waals surface area (Å²) in [7, 11) is 1.44. The lowest BCUT2D eigenvalue weighted by atomic mass is 10.2. The van der Waals surface area contributed by atoms with Crippen LogP contribution in [0.3, 0.4) is 0 Å². The van der Waals surface area contributed by atoms with E-state index in [9.17, 15) is 4.79 Å². The summed E-state index contributed by atoms with van der Waals surface area (Å²) in [5, 5.41) is 1.09. The first kappa shape index (κ1) is 12.0. The molecule has 98 valence electrons. The number of fused-ring (bicyclic) bond motifs is 1. The molecule has 1 aromatic heterocycles. The van der Waals surface area contributed by atoms with Crippen molar-refractivity contribution in [1.82, 2.24) is 4.98 Å². The first-order chi connectivity index (χ1) is 9.29. The maximum Gasteiger partial charge on any atom is 0.328 e. The van der Waals surface area contributed by atoms with Gasteiger partial charge in [0.05, 0.1) is 24.5 Å². The summed E-state index contributed by atoms with van der Waals surface area (Å²) in [4.78, 5) is 18.3. The zero-order valence-electron chi connectivity index (χ0n) is 10.9. The van der Waals surface area contributed by atoms with Crippen LogP contribution in [0.25, 0.3) is 10.9 Å². The summed E-state index contributed by atoms with van der Waals surface area (Å²) < 4.78 is 4.87. The van der Waals surface area contributed by atoms with Crippen LogP contribution in [0.5, 0.6) is 0 Å². The van der Waals surface area contributed by atoms with Gasteiger partial charge in [-0.25, -0.2) is 4.79 Å². The van der Waals surface area contributed by atoms with E-state index in [1.807, 2.05) is 30.5 Å². The average molecular weight is 256 g/mol. The van der Waals surface area contributed by atoms with Gasteiger partial charge in [0.25, 0.3) is 0 Å². The third kappa shape index (κ3) is 2.14. The molecule has 2 heterocycles. The van der Waals surface area contributed by atoms with Gasteiger partial charge in [0.15, 0.2) is 0 Å². The molecule has 0 amide bonds. The van der Waals surface area contributed by atoms with Crippen molar-refractivity contribution >= 4 is 22.6 Å². The van der Waals surface area contributed by atoms with Crippen LogP contribution in [-0.4, -0.2) is 30.6 Å². The van der Waals surface area contributed by atoms with E-state index >= 15 is 0 Å². The quantitative estimate of drug-likeness (QED) is 0.774. The summed E-state index contributed by atoms with van der Waals surface area (Å²) >= 11 is 0. The number of rotatable bonds is 2. The van der Waals surface area contributed by atoms with Crippen molar-refractivity contribution in [3.63, 3.8) is 0 Å². The molecule has 4 heteroatoms. The molecule has 1 aromatic carbocycles. The number of carbonyl (C=O) groups is 1. The Morgan fingerprint density at radius 1 is 1.42 bits per heavy atom. The molecule has 3 rings (SSSR count). The number of hydrogen-bond donors (Lipinski definition) is 0. The average Bonchev–Trinajstić information content (AvgIpc) is 2.95. The van der Waals surface area contributed by atoms with E-state index in [2.05, 4.69) is 16.0 Å². The zero-order chi connectivity index (χ0) is 13.2. The second-order valence-electron chi connectivity index (χ2n) is 4.76. The van der Waals surface area contributed by atoms with Crippen LogP contribution in [-0.2, 0) is 9.53 Å². The van der Waals surface area contributed by atoms with Gasteiger partial charge in [-0.15, -0.1) is 0 Å². The minimum atomic E-state index is -0.173. The first-order valence-corrected chi connectivity index (χ1v) is 6.49. The van der Waals surface area contributed by atoms with E-state index in [0.29, 0.717) is 0 Å². The Morgan fingerprint density at radius 2 is 2.26 bits per heavy atom. The second kappa shape index (κ2) is 4.88. The molecule has 1 aliphatic rings. The van der Waals surface area contributed by atoms with E-state index in [-0.39, 0.29) is 12.0 Å². The molecule has 1 atom stereocenters. The van der Waals surface area contributed by atoms with E-state index < -0.39 is 0 Å². The van der Waals surface area contributed by atoms with Gasteiger partial charge in [-0.1, -0.05) is 18.2 Å². The lowest BCUT2D eigenvalue weighted by Crippen LogP contribution is -2.36. The molecular formula is C15H16N2O2. The largest absolute Gasteiger partial charge is 0.467 e. The van der Waals surface area contributed by atoms with Crippen LogP contribution >= 0.6 is 0 Å². The maximum absolute atomic E-state index is 11.8. The molecule has 0 bridgehead atoms. The second-order valence-corrected chi connectivity index (χ2v) is 4.76. The molecule has 19 heavy (non-hydrogen) atoms. The van der Waals surface area contributed by atoms with Crippen molar-refractivity contribution in [3.05, 3.63) is 36.5 Å². The fourth-order valence-corrected chi connectivity index (χ4v) is 2.67. The number of methoxy groups -OCH3 is 1. The standard InChI is InChI=1S/C15H16N2O2/c1-19-15(18)14-7-4-8-17(14)12-9-11-5-2-3-6-13(11)16-10-12/h2-3,5-6,9-10,14H,4,7-8H2,1H3. The topological polar surface area (TPSA) is 42.4 Å². The number of para-hydroxylation sites is 1. The number of anilines is 1. The van der Waals surface area contributed by atoms with Crippen molar-refractivity contribution in [2.45, 2.75) is 18.9 Å². The van der Waals surface area contributed by atoms with Crippen molar-refractivity contribution in [2.75, 3.05) is 18.6 Å². The fraction of sp³-hybridized carbons (Fsp3) is 0.333. The Hall–Kier alpha value is -2.10. The van der Waals surface area contributed by atoms with Gasteiger partial charge in [0.2, 0.25) is 0 Å². The van der Waals surface area contributed by atoms with Gasteiger partial charge in [0, 0.05) is 11.9 Å². The molecule has 4 nitrogen and oxygen atoms in total. The Morgan fingerprint density at radius 3 is 3.11 bits per heavy atom. The maximum atomic E-state index is 11.8. The van der Waals surface area contributed by atoms with Crippen LogP contribution in [0.15, 0.2) is 36.5 Å². The van der Waals surface area contributed by atoms with Gasteiger partial charge < -0.3 is 9.64 Å². The van der Waals surface area contributed by atoms with Gasteiger partial charge in [-0.05, 0) is 25.0 Å². The Kier molecular flexibility index (Phi) is 3.07. The van der Waals surface area contributed by atoms with Crippen LogP contribution in [0.2, 0.25) is 0 Å². The third-order valence-electron chi connectivity index (χ3n) is 3.63. The molecule has 1 aliphatic heterocycles. The fourth-order valence-electron chi connectivity index (χ4n) is 2.67. The number of hydrogen-bond acceptors (Lipinski definition) is 4. The molecule has 0 saturated carbocycles. The van der Waals surface area contributed by atoms with Crippen LogP contribution in [0.4, 0.5) is 5.69 Å². The predicted molar refractivity (Wildman–Crippen MR) is 74.1 cm³/mol. The molecule has 1 fully saturated rings. The summed E-state index contributed by atoms with van der Waals surface area (Å²) in [5.41, 5.74) is 1.96. The van der Waals surface area contributed by atoms with Crippen LogP contribution in [0.1, 0.15) is 12.8 Å². The number of benzene rings is 1. The van der Waals surface area contributed by atoms with Crippen molar-refractivity contribution in [2.24, 2.45) is 0 Å². The number of ether oxygens (including phenoxy) is 1. The summed E-state index contributed by atoms with van der Waals surface area (Å²) in [6.45, 7) is 0.875. The van der Waals surface area contributed by atoms with Crippen LogP contribution in [0, 0.1) is 0 Å². The van der Waals surface area contributed by atoms with Gasteiger partial charge >= 0.3 is 5.97 Å². The highest BCUT2D eigenvalue weighted by Gasteiger charge is 2.31. The summed E-state index contributed by atoms with van der Waals surface area (Å²) in [6, 6.07) is 9.91. The van der Waals surface area contributed by atoms with Gasteiger partial charge in [0.1, 0.15) is 6.04 Å². The minimum Gasteiger partial charge on any atom is -0.467 e. The molecule has 0 N–H and O–H groups in total. The zero-order valence-corrected chi connectivity index (χ0v) is 10.9. The third-order valence-corrected chi connectivity index (χ3v) is 3.63. The minimum absolute atomic E-state index is 0.161. The van der Waals surface area contributed by atoms with E-state index in [0.717, 1.165) is 36.0 Å². The number of esters is 1. The lowest BCUT2D eigenvalue weighted by molar-refractivity contribution is -0.141. The Balaban J connectivity index is 1.96. The Labute approximate surface area is 112 Å². The molecular weight excluding hydrogens is 240 g/mol. The first-order valence-electron chi connectivity index (χ1n) is 6.49. The highest BCUT2D eigenvalue weighted by molar-refractivity contribution is 5.85. The van der Waals surface area contributed by atoms with Crippen molar-refractivity contribution in [3.8, 4) is 0 Å². The van der Waals surface area contributed by atoms with Gasteiger partial charge in [-0.2, -0.15) is 0 Å². The van der Waals surface area contributed by atoms with Gasteiger partial charge in [-0.3, -0.25) is 4.98 Å². The van der Waals surface area contributed by atoms with Crippen molar-refractivity contribution < 1.29 is 9.53 Å². The van der Waals surface area contributed by atoms with Crippen molar-refractivity contribution in [1.29, 1.82) is 0 Å². The number of pyridine rings is 1. The highest BCUT2D eigenvalue weighted by atomic mass is 16.5.